The maximum atomic E-state index is 5.99. The van der Waals surface area contributed by atoms with Crippen LogP contribution in [0.25, 0.3) is 0 Å². The van der Waals surface area contributed by atoms with Gasteiger partial charge in [-0.2, -0.15) is 0 Å². The fourth-order valence-corrected chi connectivity index (χ4v) is 1.87. The Morgan fingerprint density at radius 1 is 1.00 bits per heavy atom. The Bertz CT molecular complexity index is 101. The molecule has 0 fully saturated rings. The highest BCUT2D eigenvalue weighted by atomic mass is 14.1. The molecule has 0 amide bonds. The van der Waals surface area contributed by atoms with E-state index in [0.29, 0.717) is 5.82 Å². The fraction of sp³-hybridized carbons (Fsp3) is 1.00. The highest BCUT2D eigenvalue weighted by Crippen LogP contribution is 2.23. The minimum Gasteiger partial charge on any atom is -0.0771 e. The smallest absolute Gasteiger partial charge is 0.0699 e. The van der Waals surface area contributed by atoms with Gasteiger partial charge in [0, 0.05) is 0 Å². The van der Waals surface area contributed by atoms with Crippen molar-refractivity contribution >= 4 is 7.85 Å². The molecule has 1 heteroatoms. The standard InChI is InChI=1S/C12H25B/c1-4-6-7-9-11(3)10-12(13)8-5-2/h11-12H,4-10H2,1-3H3. The summed E-state index contributed by atoms with van der Waals surface area (Å²) in [6.07, 6.45) is 9.10. The largest absolute Gasteiger partial charge is 0.0771 e. The molecular formula is C12H25B. The van der Waals surface area contributed by atoms with Gasteiger partial charge in [0.2, 0.25) is 0 Å². The number of hydrogen-bond acceptors (Lipinski definition) is 0. The normalized spacial score (nSPS) is 15.6. The van der Waals surface area contributed by atoms with E-state index < -0.39 is 0 Å². The number of unbranched alkanes of at least 4 members (excludes halogenated alkanes) is 2. The van der Waals surface area contributed by atoms with Gasteiger partial charge in [-0.25, -0.2) is 0 Å². The van der Waals surface area contributed by atoms with Crippen LogP contribution in [0.2, 0.25) is 5.82 Å². The minimum atomic E-state index is 0.446. The zero-order valence-electron chi connectivity index (χ0n) is 9.68. The van der Waals surface area contributed by atoms with E-state index in [-0.39, 0.29) is 0 Å². The molecule has 2 atom stereocenters. The molecule has 0 aliphatic rings. The van der Waals surface area contributed by atoms with Crippen molar-refractivity contribution in [3.63, 3.8) is 0 Å². The minimum absolute atomic E-state index is 0.446. The topological polar surface area (TPSA) is 0 Å². The van der Waals surface area contributed by atoms with E-state index in [2.05, 4.69) is 20.8 Å². The molecule has 0 saturated heterocycles. The quantitative estimate of drug-likeness (QED) is 0.384. The van der Waals surface area contributed by atoms with Crippen LogP contribution in [0.15, 0.2) is 0 Å². The summed E-state index contributed by atoms with van der Waals surface area (Å²) in [4.78, 5) is 0. The molecule has 0 heterocycles. The molecule has 76 valence electrons. The maximum absolute atomic E-state index is 5.99. The molecule has 13 heavy (non-hydrogen) atoms. The summed E-state index contributed by atoms with van der Waals surface area (Å²) in [5.74, 6) is 1.27. The van der Waals surface area contributed by atoms with E-state index >= 15 is 0 Å². The second-order valence-electron chi connectivity index (χ2n) is 4.39. The van der Waals surface area contributed by atoms with E-state index in [4.69, 9.17) is 7.85 Å². The molecule has 0 aliphatic heterocycles. The Kier molecular flexibility index (Phi) is 8.70. The van der Waals surface area contributed by atoms with Gasteiger partial charge in [-0.3, -0.25) is 0 Å². The molecule has 0 aromatic rings. The Balaban J connectivity index is 3.32. The molecule has 2 radical (unpaired) electrons. The molecule has 0 bridgehead atoms. The number of rotatable bonds is 8. The van der Waals surface area contributed by atoms with Crippen LogP contribution in [0, 0.1) is 5.92 Å². The van der Waals surface area contributed by atoms with E-state index in [9.17, 15) is 0 Å². The highest BCUT2D eigenvalue weighted by molar-refractivity contribution is 6.11. The van der Waals surface area contributed by atoms with Gasteiger partial charge < -0.3 is 0 Å². The molecule has 0 aromatic heterocycles. The van der Waals surface area contributed by atoms with Gasteiger partial charge in [0.15, 0.2) is 0 Å². The van der Waals surface area contributed by atoms with Crippen LogP contribution < -0.4 is 0 Å². The molecular weight excluding hydrogens is 155 g/mol. The van der Waals surface area contributed by atoms with E-state index in [1.807, 2.05) is 0 Å². The predicted octanol–water partition coefficient (Wildman–Crippen LogP) is 4.35. The lowest BCUT2D eigenvalue weighted by Gasteiger charge is -2.16. The van der Waals surface area contributed by atoms with Gasteiger partial charge in [0.25, 0.3) is 0 Å². The van der Waals surface area contributed by atoms with Crippen molar-refractivity contribution in [2.45, 2.75) is 71.5 Å². The van der Waals surface area contributed by atoms with E-state index in [1.54, 1.807) is 0 Å². The molecule has 2 unspecified atom stereocenters. The fourth-order valence-electron chi connectivity index (χ4n) is 1.87. The van der Waals surface area contributed by atoms with Crippen LogP contribution in [-0.2, 0) is 0 Å². The molecule has 0 rings (SSSR count). The summed E-state index contributed by atoms with van der Waals surface area (Å²) in [5.41, 5.74) is 0. The first kappa shape index (κ1) is 13.1. The maximum Gasteiger partial charge on any atom is 0.0699 e. The van der Waals surface area contributed by atoms with Gasteiger partial charge in [-0.1, -0.05) is 71.5 Å². The Morgan fingerprint density at radius 3 is 2.23 bits per heavy atom. The summed E-state index contributed by atoms with van der Waals surface area (Å²) in [6, 6.07) is 0. The van der Waals surface area contributed by atoms with Crippen molar-refractivity contribution in [1.29, 1.82) is 0 Å². The first-order valence-corrected chi connectivity index (χ1v) is 5.96. The molecule has 0 aliphatic carbocycles. The lowest BCUT2D eigenvalue weighted by molar-refractivity contribution is 0.442. The molecule has 0 saturated carbocycles. The second kappa shape index (κ2) is 8.65. The Morgan fingerprint density at radius 2 is 1.69 bits per heavy atom. The molecule has 0 N–H and O–H groups in total. The van der Waals surface area contributed by atoms with E-state index in [1.165, 1.54) is 44.9 Å². The molecule has 0 spiro atoms. The lowest BCUT2D eigenvalue weighted by Crippen LogP contribution is -2.01. The zero-order valence-corrected chi connectivity index (χ0v) is 9.68. The SMILES string of the molecule is [B]C(CCC)CC(C)CCCCC. The molecule has 0 aromatic carbocycles. The summed E-state index contributed by atoms with van der Waals surface area (Å²) in [7, 11) is 5.99. The van der Waals surface area contributed by atoms with Crippen LogP contribution >= 0.6 is 0 Å². The van der Waals surface area contributed by atoms with Gasteiger partial charge >= 0.3 is 0 Å². The summed E-state index contributed by atoms with van der Waals surface area (Å²) in [6.45, 7) is 6.81. The average molecular weight is 180 g/mol. The van der Waals surface area contributed by atoms with Crippen LogP contribution in [0.1, 0.15) is 65.7 Å². The van der Waals surface area contributed by atoms with Crippen molar-refractivity contribution in [3.05, 3.63) is 0 Å². The third-order valence-corrected chi connectivity index (χ3v) is 2.67. The second-order valence-corrected chi connectivity index (χ2v) is 4.39. The zero-order chi connectivity index (χ0) is 10.1. The van der Waals surface area contributed by atoms with Crippen LogP contribution in [0.5, 0.6) is 0 Å². The van der Waals surface area contributed by atoms with Crippen molar-refractivity contribution in [3.8, 4) is 0 Å². The van der Waals surface area contributed by atoms with Gasteiger partial charge in [-0.05, 0) is 5.92 Å². The first-order valence-electron chi connectivity index (χ1n) is 5.96. The summed E-state index contributed by atoms with van der Waals surface area (Å²) in [5, 5.41) is 0. The monoisotopic (exact) mass is 180 g/mol. The Labute approximate surface area is 85.9 Å². The average Bonchev–Trinajstić information content (AvgIpc) is 2.05. The third kappa shape index (κ3) is 8.40. The summed E-state index contributed by atoms with van der Waals surface area (Å²) >= 11 is 0. The van der Waals surface area contributed by atoms with Crippen molar-refractivity contribution < 1.29 is 0 Å². The first-order chi connectivity index (χ1) is 6.20. The van der Waals surface area contributed by atoms with Crippen molar-refractivity contribution in [1.82, 2.24) is 0 Å². The third-order valence-electron chi connectivity index (χ3n) is 2.67. The van der Waals surface area contributed by atoms with Crippen molar-refractivity contribution in [2.24, 2.45) is 5.92 Å². The van der Waals surface area contributed by atoms with Gasteiger partial charge in [-0.15, -0.1) is 0 Å². The van der Waals surface area contributed by atoms with Crippen molar-refractivity contribution in [2.75, 3.05) is 0 Å². The lowest BCUT2D eigenvalue weighted by atomic mass is 9.76. The van der Waals surface area contributed by atoms with Gasteiger partial charge in [0.05, 0.1) is 7.85 Å². The van der Waals surface area contributed by atoms with Gasteiger partial charge in [0.1, 0.15) is 0 Å². The Hall–Kier alpha value is 0.0649. The van der Waals surface area contributed by atoms with Crippen LogP contribution in [0.4, 0.5) is 0 Å². The number of hydrogen-bond donors (Lipinski definition) is 0. The summed E-state index contributed by atoms with van der Waals surface area (Å²) < 4.78 is 0. The van der Waals surface area contributed by atoms with E-state index in [0.717, 1.165) is 5.92 Å². The predicted molar refractivity (Wildman–Crippen MR) is 62.3 cm³/mol. The molecule has 0 nitrogen and oxygen atoms in total. The van der Waals surface area contributed by atoms with Crippen LogP contribution in [-0.4, -0.2) is 7.85 Å². The van der Waals surface area contributed by atoms with Crippen LogP contribution in [0.3, 0.4) is 0 Å². The highest BCUT2D eigenvalue weighted by Gasteiger charge is 2.06.